The summed E-state index contributed by atoms with van der Waals surface area (Å²) in [7, 11) is 1.65. The van der Waals surface area contributed by atoms with Gasteiger partial charge in [0.25, 0.3) is 0 Å². The second kappa shape index (κ2) is 6.14. The van der Waals surface area contributed by atoms with Crippen LogP contribution in [0.1, 0.15) is 12.8 Å². The summed E-state index contributed by atoms with van der Waals surface area (Å²) < 4.78 is 11.4. The number of nitrogens with two attached hydrogens (primary N) is 1. The van der Waals surface area contributed by atoms with Crippen LogP contribution in [0.4, 0.5) is 5.69 Å². The molecule has 2 N–H and O–H groups in total. The number of rotatable bonds is 4. The van der Waals surface area contributed by atoms with Gasteiger partial charge in [0, 0.05) is 55.2 Å². The van der Waals surface area contributed by atoms with Gasteiger partial charge in [0.2, 0.25) is 0 Å². The predicted molar refractivity (Wildman–Crippen MR) is 83.7 cm³/mol. The molecular formula is C15H22N2O2S. The molecule has 1 aliphatic carbocycles. The van der Waals surface area contributed by atoms with Crippen LogP contribution < -0.4 is 15.2 Å². The number of anilines is 1. The zero-order chi connectivity index (χ0) is 13.9. The number of nitrogen functional groups attached to an aromatic ring is 1. The Labute approximate surface area is 124 Å². The topological polar surface area (TPSA) is 47.7 Å². The van der Waals surface area contributed by atoms with Gasteiger partial charge in [-0.15, -0.1) is 0 Å². The van der Waals surface area contributed by atoms with Gasteiger partial charge in [0.05, 0.1) is 7.11 Å². The molecule has 0 atom stereocenters. The average molecular weight is 294 g/mol. The van der Waals surface area contributed by atoms with E-state index in [9.17, 15) is 0 Å². The molecule has 0 radical (unpaired) electrons. The van der Waals surface area contributed by atoms with Crippen molar-refractivity contribution in [3.05, 3.63) is 18.2 Å². The highest BCUT2D eigenvalue weighted by molar-refractivity contribution is 7.99. The van der Waals surface area contributed by atoms with E-state index in [1.807, 2.05) is 18.2 Å². The van der Waals surface area contributed by atoms with E-state index in [0.717, 1.165) is 24.3 Å². The fourth-order valence-corrected chi connectivity index (χ4v) is 3.77. The Morgan fingerprint density at radius 2 is 1.95 bits per heavy atom. The molecule has 4 nitrogen and oxygen atoms in total. The molecule has 0 bridgehead atoms. The molecule has 2 fully saturated rings. The summed E-state index contributed by atoms with van der Waals surface area (Å²) >= 11 is 2.06. The van der Waals surface area contributed by atoms with Gasteiger partial charge in [0.15, 0.2) is 11.5 Å². The van der Waals surface area contributed by atoms with Crippen LogP contribution in [0.25, 0.3) is 0 Å². The molecule has 1 saturated carbocycles. The standard InChI is InChI=1S/C15H22N2O2S/c1-18-15-8-11(16)2-3-14(15)19-13-9-12(10-13)17-4-6-20-7-5-17/h2-3,8,12-13H,4-7,9-10,16H2,1H3. The van der Waals surface area contributed by atoms with E-state index in [2.05, 4.69) is 16.7 Å². The molecule has 0 unspecified atom stereocenters. The first kappa shape index (κ1) is 13.9. The van der Waals surface area contributed by atoms with Crippen molar-refractivity contribution in [3.8, 4) is 11.5 Å². The molecule has 20 heavy (non-hydrogen) atoms. The molecular weight excluding hydrogens is 272 g/mol. The van der Waals surface area contributed by atoms with Gasteiger partial charge in [-0.2, -0.15) is 11.8 Å². The minimum Gasteiger partial charge on any atom is -0.493 e. The average Bonchev–Trinajstić information content (AvgIpc) is 2.44. The van der Waals surface area contributed by atoms with Crippen LogP contribution in [0.3, 0.4) is 0 Å². The van der Waals surface area contributed by atoms with Gasteiger partial charge < -0.3 is 15.2 Å². The van der Waals surface area contributed by atoms with Gasteiger partial charge >= 0.3 is 0 Å². The smallest absolute Gasteiger partial charge is 0.162 e. The predicted octanol–water partition coefficient (Wildman–Crippen LogP) is 2.24. The minimum atomic E-state index is 0.312. The summed E-state index contributed by atoms with van der Waals surface area (Å²) in [5.41, 5.74) is 6.46. The monoisotopic (exact) mass is 294 g/mol. The molecule has 2 aliphatic rings. The number of hydrogen-bond acceptors (Lipinski definition) is 5. The summed E-state index contributed by atoms with van der Waals surface area (Å²) in [5, 5.41) is 0. The maximum Gasteiger partial charge on any atom is 0.162 e. The molecule has 110 valence electrons. The van der Waals surface area contributed by atoms with Gasteiger partial charge in [-0.05, 0) is 12.1 Å². The largest absolute Gasteiger partial charge is 0.493 e. The molecule has 0 amide bonds. The van der Waals surface area contributed by atoms with Gasteiger partial charge in [-0.3, -0.25) is 4.90 Å². The number of ether oxygens (including phenoxy) is 2. The third-order valence-corrected chi connectivity index (χ3v) is 5.06. The van der Waals surface area contributed by atoms with Gasteiger partial charge in [0.1, 0.15) is 6.10 Å². The first-order valence-corrected chi connectivity index (χ1v) is 8.33. The normalized spacial score (nSPS) is 26.9. The second-order valence-electron chi connectivity index (χ2n) is 5.42. The maximum atomic E-state index is 6.04. The SMILES string of the molecule is COc1cc(N)ccc1OC1CC(N2CCSCC2)C1. The molecule has 3 rings (SSSR count). The van der Waals surface area contributed by atoms with E-state index in [0.29, 0.717) is 17.8 Å². The van der Waals surface area contributed by atoms with Crippen molar-refractivity contribution < 1.29 is 9.47 Å². The first-order chi connectivity index (χ1) is 9.76. The van der Waals surface area contributed by atoms with Crippen LogP contribution in [0.2, 0.25) is 0 Å². The number of nitrogens with zero attached hydrogens (tertiary/aromatic N) is 1. The van der Waals surface area contributed by atoms with Crippen molar-refractivity contribution in [2.75, 3.05) is 37.4 Å². The third kappa shape index (κ3) is 2.99. The summed E-state index contributed by atoms with van der Waals surface area (Å²) in [5.74, 6) is 4.07. The lowest BCUT2D eigenvalue weighted by Crippen LogP contribution is -2.51. The van der Waals surface area contributed by atoms with E-state index < -0.39 is 0 Å². The molecule has 1 heterocycles. The van der Waals surface area contributed by atoms with Crippen molar-refractivity contribution in [3.63, 3.8) is 0 Å². The zero-order valence-electron chi connectivity index (χ0n) is 11.9. The summed E-state index contributed by atoms with van der Waals surface area (Å²) in [6.07, 6.45) is 2.56. The Morgan fingerprint density at radius 3 is 2.65 bits per heavy atom. The number of methoxy groups -OCH3 is 1. The Kier molecular flexibility index (Phi) is 4.27. The Bertz CT molecular complexity index is 457. The second-order valence-corrected chi connectivity index (χ2v) is 6.65. The van der Waals surface area contributed by atoms with E-state index in [4.69, 9.17) is 15.2 Å². The molecule has 1 saturated heterocycles. The van der Waals surface area contributed by atoms with E-state index in [1.165, 1.54) is 24.6 Å². The summed E-state index contributed by atoms with van der Waals surface area (Å²) in [6.45, 7) is 2.46. The van der Waals surface area contributed by atoms with Gasteiger partial charge in [-0.25, -0.2) is 0 Å². The lowest BCUT2D eigenvalue weighted by molar-refractivity contribution is 0.0204. The van der Waals surface area contributed by atoms with Crippen LogP contribution in [-0.4, -0.2) is 48.8 Å². The summed E-state index contributed by atoms with van der Waals surface area (Å²) in [4.78, 5) is 2.61. The van der Waals surface area contributed by atoms with Crippen LogP contribution in [0.5, 0.6) is 11.5 Å². The van der Waals surface area contributed by atoms with Gasteiger partial charge in [-0.1, -0.05) is 0 Å². The maximum absolute atomic E-state index is 6.04. The lowest BCUT2D eigenvalue weighted by atomic mass is 9.87. The van der Waals surface area contributed by atoms with Crippen molar-refractivity contribution >= 4 is 17.4 Å². The zero-order valence-corrected chi connectivity index (χ0v) is 12.7. The van der Waals surface area contributed by atoms with Crippen LogP contribution in [0, 0.1) is 0 Å². The lowest BCUT2D eigenvalue weighted by Gasteiger charge is -2.44. The Hall–Kier alpha value is -1.07. The highest BCUT2D eigenvalue weighted by Crippen LogP contribution is 2.35. The van der Waals surface area contributed by atoms with E-state index in [-0.39, 0.29) is 0 Å². The Balaban J connectivity index is 1.53. The van der Waals surface area contributed by atoms with E-state index in [1.54, 1.807) is 7.11 Å². The van der Waals surface area contributed by atoms with Crippen molar-refractivity contribution in [1.29, 1.82) is 0 Å². The minimum absolute atomic E-state index is 0.312. The van der Waals surface area contributed by atoms with Crippen molar-refractivity contribution in [1.82, 2.24) is 4.90 Å². The van der Waals surface area contributed by atoms with Crippen LogP contribution >= 0.6 is 11.8 Å². The molecule has 1 aromatic rings. The number of benzene rings is 1. The molecule has 1 aromatic carbocycles. The molecule has 0 aromatic heterocycles. The Morgan fingerprint density at radius 1 is 1.20 bits per heavy atom. The summed E-state index contributed by atoms with van der Waals surface area (Å²) in [6, 6.07) is 6.28. The fourth-order valence-electron chi connectivity index (χ4n) is 2.84. The fraction of sp³-hybridized carbons (Fsp3) is 0.600. The molecule has 5 heteroatoms. The van der Waals surface area contributed by atoms with Crippen LogP contribution in [-0.2, 0) is 0 Å². The molecule has 0 spiro atoms. The molecule has 1 aliphatic heterocycles. The van der Waals surface area contributed by atoms with Crippen molar-refractivity contribution in [2.45, 2.75) is 25.0 Å². The third-order valence-electron chi connectivity index (χ3n) is 4.11. The van der Waals surface area contributed by atoms with Crippen LogP contribution in [0.15, 0.2) is 18.2 Å². The first-order valence-electron chi connectivity index (χ1n) is 7.18. The highest BCUT2D eigenvalue weighted by atomic mass is 32.2. The quantitative estimate of drug-likeness (QED) is 0.863. The highest BCUT2D eigenvalue weighted by Gasteiger charge is 2.35. The van der Waals surface area contributed by atoms with Crippen molar-refractivity contribution in [2.24, 2.45) is 0 Å². The number of thioether (sulfide) groups is 1. The van der Waals surface area contributed by atoms with E-state index >= 15 is 0 Å². The number of hydrogen-bond donors (Lipinski definition) is 1.